The molecule has 0 saturated heterocycles. The van der Waals surface area contributed by atoms with Crippen LogP contribution < -0.4 is 0 Å². The van der Waals surface area contributed by atoms with Crippen LogP contribution in [0.1, 0.15) is 21.6 Å². The van der Waals surface area contributed by atoms with Gasteiger partial charge in [-0.05, 0) is 11.6 Å². The first-order chi connectivity index (χ1) is 9.34. The lowest BCUT2D eigenvalue weighted by Gasteiger charge is -2.05. The number of aromatic nitrogens is 2. The third-order valence-corrected chi connectivity index (χ3v) is 3.76. The van der Waals surface area contributed by atoms with Gasteiger partial charge in [0, 0.05) is 4.47 Å². The monoisotopic (exact) mass is 366 g/mol. The number of aldehydes is 1. The van der Waals surface area contributed by atoms with Crippen molar-refractivity contribution in [1.82, 2.24) is 9.78 Å². The molecule has 0 saturated carbocycles. The molecule has 0 amide bonds. The fraction of sp³-hybridized carbons (Fsp3) is 0.167. The van der Waals surface area contributed by atoms with Crippen molar-refractivity contribution in [3.63, 3.8) is 0 Å². The second kappa shape index (κ2) is 5.57. The van der Waals surface area contributed by atoms with Gasteiger partial charge in [0.1, 0.15) is 5.15 Å². The van der Waals surface area contributed by atoms with Crippen molar-refractivity contribution < 1.29 is 18.0 Å². The highest BCUT2D eigenvalue weighted by molar-refractivity contribution is 9.10. The van der Waals surface area contributed by atoms with Gasteiger partial charge in [0.15, 0.2) is 12.0 Å². The van der Waals surface area contributed by atoms with Crippen molar-refractivity contribution in [2.45, 2.75) is 12.7 Å². The van der Waals surface area contributed by atoms with Crippen LogP contribution in [0.25, 0.3) is 0 Å². The predicted molar refractivity (Wildman–Crippen MR) is 70.9 cm³/mol. The number of carbonyl (C=O) groups is 1. The van der Waals surface area contributed by atoms with Crippen LogP contribution in [0, 0.1) is 0 Å². The number of halogens is 5. The smallest absolute Gasteiger partial charge is 0.298 e. The van der Waals surface area contributed by atoms with Gasteiger partial charge in [0.05, 0.1) is 12.1 Å². The van der Waals surface area contributed by atoms with Gasteiger partial charge in [-0.3, -0.25) is 4.79 Å². The maximum absolute atomic E-state index is 12.7. The second-order valence-electron chi connectivity index (χ2n) is 3.92. The molecule has 2 aromatic rings. The molecular formula is C12H7BrClF3N2O. The van der Waals surface area contributed by atoms with E-state index in [9.17, 15) is 18.0 Å². The Hall–Kier alpha value is -1.34. The molecule has 1 aromatic heterocycles. The van der Waals surface area contributed by atoms with Crippen molar-refractivity contribution >= 4 is 33.8 Å². The van der Waals surface area contributed by atoms with Gasteiger partial charge in [0.2, 0.25) is 0 Å². The van der Waals surface area contributed by atoms with Gasteiger partial charge < -0.3 is 0 Å². The van der Waals surface area contributed by atoms with Gasteiger partial charge in [-0.2, -0.15) is 18.3 Å². The lowest BCUT2D eigenvalue weighted by Crippen LogP contribution is -2.10. The quantitative estimate of drug-likeness (QED) is 0.763. The van der Waals surface area contributed by atoms with E-state index in [1.165, 1.54) is 0 Å². The minimum absolute atomic E-state index is 0.0250. The zero-order valence-electron chi connectivity index (χ0n) is 9.79. The Morgan fingerprint density at radius 3 is 2.50 bits per heavy atom. The molecule has 0 N–H and O–H groups in total. The zero-order valence-corrected chi connectivity index (χ0v) is 12.1. The summed E-state index contributed by atoms with van der Waals surface area (Å²) in [6, 6.07) is 6.98. The van der Waals surface area contributed by atoms with Crippen LogP contribution in [0.5, 0.6) is 0 Å². The average Bonchev–Trinajstić information content (AvgIpc) is 2.69. The highest BCUT2D eigenvalue weighted by Gasteiger charge is 2.39. The number of carbonyl (C=O) groups excluding carboxylic acids is 1. The number of hydrogen-bond donors (Lipinski definition) is 0. The zero-order chi connectivity index (χ0) is 14.9. The van der Waals surface area contributed by atoms with E-state index in [1.807, 2.05) is 0 Å². The number of benzene rings is 1. The van der Waals surface area contributed by atoms with Crippen LogP contribution >= 0.6 is 27.5 Å². The van der Waals surface area contributed by atoms with Crippen LogP contribution in [-0.2, 0) is 12.7 Å². The maximum atomic E-state index is 12.7. The van der Waals surface area contributed by atoms with Gasteiger partial charge in [0.25, 0.3) is 0 Å². The first kappa shape index (κ1) is 15.1. The van der Waals surface area contributed by atoms with Crippen molar-refractivity contribution in [1.29, 1.82) is 0 Å². The van der Waals surface area contributed by atoms with Gasteiger partial charge in [-0.25, -0.2) is 4.68 Å². The Kier molecular flexibility index (Phi) is 4.19. The maximum Gasteiger partial charge on any atom is 0.435 e. The molecule has 1 aromatic carbocycles. The summed E-state index contributed by atoms with van der Waals surface area (Å²) in [7, 11) is 0. The van der Waals surface area contributed by atoms with Crippen molar-refractivity contribution in [3.05, 3.63) is 50.7 Å². The van der Waals surface area contributed by atoms with Crippen LogP contribution in [-0.4, -0.2) is 16.1 Å². The summed E-state index contributed by atoms with van der Waals surface area (Å²) >= 11 is 9.08. The second-order valence-corrected chi connectivity index (χ2v) is 5.13. The van der Waals surface area contributed by atoms with E-state index in [-0.39, 0.29) is 18.0 Å². The molecule has 20 heavy (non-hydrogen) atoms. The highest BCUT2D eigenvalue weighted by atomic mass is 79.9. The van der Waals surface area contributed by atoms with Gasteiger partial charge in [-0.15, -0.1) is 0 Å². The topological polar surface area (TPSA) is 34.9 Å². The van der Waals surface area contributed by atoms with E-state index in [4.69, 9.17) is 11.6 Å². The van der Waals surface area contributed by atoms with E-state index in [1.54, 1.807) is 24.3 Å². The molecule has 0 aliphatic heterocycles. The number of alkyl halides is 3. The van der Waals surface area contributed by atoms with Gasteiger partial charge in [-0.1, -0.05) is 45.7 Å². The Morgan fingerprint density at radius 1 is 1.35 bits per heavy atom. The number of hydrogen-bond acceptors (Lipinski definition) is 2. The first-order valence-corrected chi connectivity index (χ1v) is 6.53. The SMILES string of the molecule is O=Cc1c(C(F)(F)F)nn(Cc2ccccc2Br)c1Cl. The third-order valence-electron chi connectivity index (χ3n) is 2.59. The molecule has 0 aliphatic rings. The third kappa shape index (κ3) is 2.88. The molecule has 0 unspecified atom stereocenters. The molecule has 0 atom stereocenters. The van der Waals surface area contributed by atoms with E-state index < -0.39 is 17.4 Å². The summed E-state index contributed by atoms with van der Waals surface area (Å²) in [5.41, 5.74) is -1.22. The number of rotatable bonds is 3. The van der Waals surface area contributed by atoms with Crippen molar-refractivity contribution in [3.8, 4) is 0 Å². The minimum atomic E-state index is -4.72. The van der Waals surface area contributed by atoms with Crippen molar-refractivity contribution in [2.24, 2.45) is 0 Å². The lowest BCUT2D eigenvalue weighted by atomic mass is 10.2. The Balaban J connectivity index is 2.46. The van der Waals surface area contributed by atoms with Crippen molar-refractivity contribution in [2.75, 3.05) is 0 Å². The molecule has 106 valence electrons. The van der Waals surface area contributed by atoms with E-state index in [0.29, 0.717) is 10.0 Å². The molecule has 0 spiro atoms. The Bertz CT molecular complexity index is 655. The fourth-order valence-electron chi connectivity index (χ4n) is 1.66. The summed E-state index contributed by atoms with van der Waals surface area (Å²) in [5.74, 6) is 0. The Morgan fingerprint density at radius 2 is 2.00 bits per heavy atom. The highest BCUT2D eigenvalue weighted by Crippen LogP contribution is 2.34. The molecule has 8 heteroatoms. The first-order valence-electron chi connectivity index (χ1n) is 5.36. The minimum Gasteiger partial charge on any atom is -0.298 e. The summed E-state index contributed by atoms with van der Waals surface area (Å²) in [6.07, 6.45) is -4.66. The molecular weight excluding hydrogens is 360 g/mol. The Labute approximate surface area is 125 Å². The molecule has 0 bridgehead atoms. The van der Waals surface area contributed by atoms with E-state index in [0.717, 1.165) is 4.68 Å². The molecule has 2 rings (SSSR count). The van der Waals surface area contributed by atoms with Crippen LogP contribution in [0.2, 0.25) is 5.15 Å². The van der Waals surface area contributed by atoms with Gasteiger partial charge >= 0.3 is 6.18 Å². The predicted octanol–water partition coefficient (Wildman–Crippen LogP) is 4.18. The average molecular weight is 368 g/mol. The fourth-order valence-corrected chi connectivity index (χ4v) is 2.30. The van der Waals surface area contributed by atoms with Crippen LogP contribution in [0.3, 0.4) is 0 Å². The molecule has 3 nitrogen and oxygen atoms in total. The van der Waals surface area contributed by atoms with E-state index in [2.05, 4.69) is 21.0 Å². The van der Waals surface area contributed by atoms with Crippen LogP contribution in [0.15, 0.2) is 28.7 Å². The molecule has 1 heterocycles. The molecule has 0 radical (unpaired) electrons. The summed E-state index contributed by atoms with van der Waals surface area (Å²) in [4.78, 5) is 10.8. The normalized spacial score (nSPS) is 11.7. The number of nitrogens with zero attached hydrogens (tertiary/aromatic N) is 2. The standard InChI is InChI=1S/C12H7BrClF3N2O/c13-9-4-2-1-3-7(9)5-19-11(14)8(6-20)10(18-19)12(15,16)17/h1-4,6H,5H2. The summed E-state index contributed by atoms with van der Waals surface area (Å²) in [5, 5.41) is 3.07. The summed E-state index contributed by atoms with van der Waals surface area (Å²) in [6.45, 7) is 0.0250. The summed E-state index contributed by atoms with van der Waals surface area (Å²) < 4.78 is 39.9. The van der Waals surface area contributed by atoms with E-state index >= 15 is 0 Å². The van der Waals surface area contributed by atoms with Crippen LogP contribution in [0.4, 0.5) is 13.2 Å². The largest absolute Gasteiger partial charge is 0.435 e. The molecule has 0 fully saturated rings. The lowest BCUT2D eigenvalue weighted by molar-refractivity contribution is -0.141. The molecule has 0 aliphatic carbocycles.